The quantitative estimate of drug-likeness (QED) is 0.931. The Morgan fingerprint density at radius 3 is 2.45 bits per heavy atom. The Morgan fingerprint density at radius 2 is 1.75 bits per heavy atom. The van der Waals surface area contributed by atoms with Gasteiger partial charge in [-0.25, -0.2) is 0 Å². The first-order valence-electron chi connectivity index (χ1n) is 6.37. The van der Waals surface area contributed by atoms with E-state index in [0.717, 1.165) is 16.3 Å². The number of hydrogen-bond donors (Lipinski definition) is 1. The Kier molecular flexibility index (Phi) is 4.64. The molecule has 2 rings (SSSR count). The summed E-state index contributed by atoms with van der Waals surface area (Å²) in [6, 6.07) is 15.1. The van der Waals surface area contributed by atoms with Crippen LogP contribution in [0.2, 0.25) is 5.02 Å². The largest absolute Gasteiger partial charge is 0.380 e. The Labute approximate surface area is 124 Å². The zero-order valence-corrected chi connectivity index (χ0v) is 12.3. The van der Waals surface area contributed by atoms with Gasteiger partial charge in [-0.15, -0.1) is 0 Å². The molecule has 0 heterocycles. The fourth-order valence-corrected chi connectivity index (χ4v) is 2.10. The molecular weight excluding hydrogens is 272 g/mol. The maximum atomic E-state index is 12.1. The van der Waals surface area contributed by atoms with E-state index in [9.17, 15) is 4.79 Å². The number of halogens is 1. The first kappa shape index (κ1) is 14.4. The zero-order valence-electron chi connectivity index (χ0n) is 11.6. The van der Waals surface area contributed by atoms with E-state index in [1.807, 2.05) is 48.5 Å². The summed E-state index contributed by atoms with van der Waals surface area (Å²) in [6.45, 7) is 0.581. The first-order valence-corrected chi connectivity index (χ1v) is 6.75. The van der Waals surface area contributed by atoms with E-state index < -0.39 is 0 Å². The Balaban J connectivity index is 2.18. The molecule has 3 nitrogen and oxygen atoms in total. The topological polar surface area (TPSA) is 32.3 Å². The van der Waals surface area contributed by atoms with Crippen molar-refractivity contribution in [2.75, 3.05) is 19.4 Å². The third kappa shape index (κ3) is 3.31. The van der Waals surface area contributed by atoms with E-state index >= 15 is 0 Å². The van der Waals surface area contributed by atoms with Crippen molar-refractivity contribution in [2.24, 2.45) is 0 Å². The van der Waals surface area contributed by atoms with Crippen LogP contribution in [0.4, 0.5) is 5.69 Å². The number of hydrogen-bond acceptors (Lipinski definition) is 2. The van der Waals surface area contributed by atoms with Crippen LogP contribution >= 0.6 is 11.6 Å². The van der Waals surface area contributed by atoms with Crippen LogP contribution in [0.15, 0.2) is 48.5 Å². The summed E-state index contributed by atoms with van der Waals surface area (Å²) in [5, 5.41) is 3.99. The molecule has 0 aliphatic heterocycles. The van der Waals surface area contributed by atoms with Crippen molar-refractivity contribution < 1.29 is 4.79 Å². The summed E-state index contributed by atoms with van der Waals surface area (Å²) in [5.41, 5.74) is 2.47. The minimum Gasteiger partial charge on any atom is -0.380 e. The van der Waals surface area contributed by atoms with Crippen LogP contribution in [0, 0.1) is 0 Å². The average Bonchev–Trinajstić information content (AvgIpc) is 2.46. The highest BCUT2D eigenvalue weighted by molar-refractivity contribution is 6.31. The molecule has 0 aliphatic carbocycles. The monoisotopic (exact) mass is 288 g/mol. The lowest BCUT2D eigenvalue weighted by Gasteiger charge is -2.15. The van der Waals surface area contributed by atoms with Gasteiger partial charge in [-0.1, -0.05) is 41.9 Å². The molecule has 1 N–H and O–H groups in total. The summed E-state index contributed by atoms with van der Waals surface area (Å²) in [4.78, 5) is 13.7. The van der Waals surface area contributed by atoms with Crippen molar-refractivity contribution in [2.45, 2.75) is 6.54 Å². The number of nitrogens with zero attached hydrogens (tertiary/aromatic N) is 1. The molecule has 0 unspecified atom stereocenters. The molecule has 4 heteroatoms. The van der Waals surface area contributed by atoms with Gasteiger partial charge in [-0.2, -0.15) is 0 Å². The summed E-state index contributed by atoms with van der Waals surface area (Å²) in [7, 11) is 3.49. The number of anilines is 1. The fraction of sp³-hybridized carbons (Fsp3) is 0.188. The molecule has 0 spiro atoms. The predicted molar refractivity (Wildman–Crippen MR) is 83.2 cm³/mol. The molecule has 0 aliphatic rings. The first-order chi connectivity index (χ1) is 9.59. The molecule has 0 bridgehead atoms. The molecule has 0 saturated heterocycles. The SMILES string of the molecule is CN(C)C(=O)c1ccccc1NCc1ccccc1Cl. The molecule has 104 valence electrons. The van der Waals surface area contributed by atoms with Gasteiger partial charge >= 0.3 is 0 Å². The normalized spacial score (nSPS) is 10.2. The van der Waals surface area contributed by atoms with Crippen LogP contribution < -0.4 is 5.32 Å². The van der Waals surface area contributed by atoms with Crippen LogP contribution in [-0.2, 0) is 6.54 Å². The van der Waals surface area contributed by atoms with Gasteiger partial charge in [0, 0.05) is 31.4 Å². The standard InChI is InChI=1S/C16H17ClN2O/c1-19(2)16(20)13-8-4-6-10-15(13)18-11-12-7-3-5-9-14(12)17/h3-10,18H,11H2,1-2H3. The molecular formula is C16H17ClN2O. The number of amides is 1. The number of carbonyl (C=O) groups is 1. The van der Waals surface area contributed by atoms with Crippen molar-refractivity contribution >= 4 is 23.2 Å². The maximum absolute atomic E-state index is 12.1. The lowest BCUT2D eigenvalue weighted by atomic mass is 10.1. The number of para-hydroxylation sites is 1. The van der Waals surface area contributed by atoms with Gasteiger partial charge in [0.2, 0.25) is 0 Å². The summed E-state index contributed by atoms with van der Waals surface area (Å²) < 4.78 is 0. The second-order valence-corrected chi connectivity index (χ2v) is 5.10. The molecule has 1 amide bonds. The highest BCUT2D eigenvalue weighted by Gasteiger charge is 2.12. The van der Waals surface area contributed by atoms with Crippen LogP contribution in [0.3, 0.4) is 0 Å². The lowest BCUT2D eigenvalue weighted by Crippen LogP contribution is -2.22. The van der Waals surface area contributed by atoms with Gasteiger partial charge in [0.1, 0.15) is 0 Å². The Morgan fingerprint density at radius 1 is 1.10 bits per heavy atom. The van der Waals surface area contributed by atoms with E-state index in [1.165, 1.54) is 0 Å². The van der Waals surface area contributed by atoms with Crippen molar-refractivity contribution in [3.8, 4) is 0 Å². The molecule has 0 atom stereocenters. The smallest absolute Gasteiger partial charge is 0.255 e. The van der Waals surface area contributed by atoms with Crippen LogP contribution in [0.1, 0.15) is 15.9 Å². The predicted octanol–water partition coefficient (Wildman–Crippen LogP) is 3.65. The molecule has 0 fully saturated rings. The minimum atomic E-state index is -0.0211. The van der Waals surface area contributed by atoms with Gasteiger partial charge in [-0.3, -0.25) is 4.79 Å². The minimum absolute atomic E-state index is 0.0211. The van der Waals surface area contributed by atoms with Gasteiger partial charge in [0.25, 0.3) is 5.91 Å². The second-order valence-electron chi connectivity index (χ2n) is 4.69. The summed E-state index contributed by atoms with van der Waals surface area (Å²) in [6.07, 6.45) is 0. The van der Waals surface area contributed by atoms with Crippen molar-refractivity contribution in [1.29, 1.82) is 0 Å². The molecule has 2 aromatic carbocycles. The Bertz CT molecular complexity index is 611. The second kappa shape index (κ2) is 6.44. The van der Waals surface area contributed by atoms with Crippen molar-refractivity contribution in [3.05, 3.63) is 64.7 Å². The third-order valence-corrected chi connectivity index (χ3v) is 3.36. The van der Waals surface area contributed by atoms with E-state index in [0.29, 0.717) is 12.1 Å². The highest BCUT2D eigenvalue weighted by atomic mass is 35.5. The Hall–Kier alpha value is -2.00. The van der Waals surface area contributed by atoms with E-state index in [1.54, 1.807) is 19.0 Å². The number of carbonyl (C=O) groups excluding carboxylic acids is 1. The fourth-order valence-electron chi connectivity index (χ4n) is 1.90. The summed E-state index contributed by atoms with van der Waals surface area (Å²) in [5.74, 6) is -0.0211. The van der Waals surface area contributed by atoms with E-state index in [2.05, 4.69) is 5.32 Å². The molecule has 0 radical (unpaired) electrons. The van der Waals surface area contributed by atoms with Gasteiger partial charge in [0.15, 0.2) is 0 Å². The molecule has 2 aromatic rings. The summed E-state index contributed by atoms with van der Waals surface area (Å²) >= 11 is 6.13. The highest BCUT2D eigenvalue weighted by Crippen LogP contribution is 2.20. The zero-order chi connectivity index (χ0) is 14.5. The van der Waals surface area contributed by atoms with E-state index in [4.69, 9.17) is 11.6 Å². The number of benzene rings is 2. The van der Waals surface area contributed by atoms with E-state index in [-0.39, 0.29) is 5.91 Å². The van der Waals surface area contributed by atoms with Crippen molar-refractivity contribution in [3.63, 3.8) is 0 Å². The molecule has 20 heavy (non-hydrogen) atoms. The maximum Gasteiger partial charge on any atom is 0.255 e. The van der Waals surface area contributed by atoms with Gasteiger partial charge in [-0.05, 0) is 23.8 Å². The van der Waals surface area contributed by atoms with Crippen molar-refractivity contribution in [1.82, 2.24) is 4.90 Å². The van der Waals surface area contributed by atoms with Gasteiger partial charge in [0.05, 0.1) is 5.56 Å². The number of rotatable bonds is 4. The van der Waals surface area contributed by atoms with Crippen LogP contribution in [0.25, 0.3) is 0 Å². The molecule has 0 saturated carbocycles. The number of nitrogens with one attached hydrogen (secondary N) is 1. The third-order valence-electron chi connectivity index (χ3n) is 2.99. The van der Waals surface area contributed by atoms with Gasteiger partial charge < -0.3 is 10.2 Å². The lowest BCUT2D eigenvalue weighted by molar-refractivity contribution is 0.0828. The molecule has 0 aromatic heterocycles. The van der Waals surface area contributed by atoms with Crippen LogP contribution in [0.5, 0.6) is 0 Å². The average molecular weight is 289 g/mol. The van der Waals surface area contributed by atoms with Crippen LogP contribution in [-0.4, -0.2) is 24.9 Å².